The molecule has 0 aliphatic carbocycles. The van der Waals surface area contributed by atoms with Crippen LogP contribution >= 0.6 is 0 Å². The number of hydrogen-bond donors (Lipinski definition) is 0. The van der Waals surface area contributed by atoms with Gasteiger partial charge in [0.15, 0.2) is 0 Å². The number of fused-ring (bicyclic) bond motifs is 3. The van der Waals surface area contributed by atoms with Crippen LogP contribution in [-0.2, 0) is 0 Å². The molecule has 0 unspecified atom stereocenters. The van der Waals surface area contributed by atoms with Gasteiger partial charge in [-0.25, -0.2) is 0 Å². The van der Waals surface area contributed by atoms with Gasteiger partial charge in [-0.3, -0.25) is 0 Å². The van der Waals surface area contributed by atoms with Crippen molar-refractivity contribution in [1.29, 1.82) is 0 Å². The van der Waals surface area contributed by atoms with E-state index in [0.717, 1.165) is 11.4 Å². The van der Waals surface area contributed by atoms with Crippen LogP contribution in [0, 0.1) is 0 Å². The molecular formula is C22H21NOSi. The predicted octanol–water partition coefficient (Wildman–Crippen LogP) is 6.09. The first-order valence-electron chi connectivity index (χ1n) is 8.50. The summed E-state index contributed by atoms with van der Waals surface area (Å²) < 4.78 is 8.42. The summed E-state index contributed by atoms with van der Waals surface area (Å²) in [4.78, 5) is 0. The fourth-order valence-corrected chi connectivity index (χ4v) is 4.04. The maximum atomic E-state index is 6.11. The van der Waals surface area contributed by atoms with E-state index in [2.05, 4.69) is 97.0 Å². The summed E-state index contributed by atoms with van der Waals surface area (Å²) >= 11 is 0. The topological polar surface area (TPSA) is 14.2 Å². The minimum absolute atomic E-state index is 0.904. The highest BCUT2D eigenvalue weighted by Gasteiger charge is 2.19. The molecule has 0 aliphatic heterocycles. The summed E-state index contributed by atoms with van der Waals surface area (Å²) in [7, 11) is -1.83. The second kappa shape index (κ2) is 5.94. The molecule has 0 N–H and O–H groups in total. The van der Waals surface area contributed by atoms with Crippen LogP contribution in [0.5, 0.6) is 5.75 Å². The first-order valence-corrected chi connectivity index (χ1v) is 11.5. The van der Waals surface area contributed by atoms with Crippen molar-refractivity contribution in [3.05, 3.63) is 85.1 Å². The second-order valence-corrected chi connectivity index (χ2v) is 10.6. The van der Waals surface area contributed by atoms with Crippen LogP contribution < -0.4 is 4.43 Å². The summed E-state index contributed by atoms with van der Waals surface area (Å²) in [6.45, 7) is 8.17. The van der Waals surface area contributed by atoms with E-state index in [-0.39, 0.29) is 0 Å². The molecule has 0 atom stereocenters. The van der Waals surface area contributed by atoms with E-state index in [1.54, 1.807) is 0 Å². The van der Waals surface area contributed by atoms with Gasteiger partial charge in [0.1, 0.15) is 5.75 Å². The Morgan fingerprint density at radius 3 is 1.84 bits per heavy atom. The van der Waals surface area contributed by atoms with Gasteiger partial charge < -0.3 is 8.99 Å². The molecule has 3 aromatic carbocycles. The molecule has 0 spiro atoms. The van der Waals surface area contributed by atoms with Crippen molar-refractivity contribution < 1.29 is 4.43 Å². The molecule has 0 fully saturated rings. The minimum Gasteiger partial charge on any atom is -0.540 e. The smallest absolute Gasteiger partial charge is 0.269 e. The van der Waals surface area contributed by atoms with Gasteiger partial charge in [0.25, 0.3) is 8.32 Å². The monoisotopic (exact) mass is 343 g/mol. The quantitative estimate of drug-likeness (QED) is 0.409. The van der Waals surface area contributed by atoms with Gasteiger partial charge in [-0.1, -0.05) is 42.1 Å². The fourth-order valence-electron chi connectivity index (χ4n) is 3.21. The lowest BCUT2D eigenvalue weighted by molar-refractivity contribution is 0.563. The average Bonchev–Trinajstić information content (AvgIpc) is 2.97. The number of para-hydroxylation sites is 2. The highest BCUT2D eigenvalue weighted by molar-refractivity contribution is 6.76. The first-order chi connectivity index (χ1) is 12.1. The van der Waals surface area contributed by atoms with Crippen molar-refractivity contribution in [2.75, 3.05) is 0 Å². The minimum atomic E-state index is -1.83. The van der Waals surface area contributed by atoms with Crippen LogP contribution in [0.2, 0.25) is 13.1 Å². The van der Waals surface area contributed by atoms with Crippen LogP contribution in [0.15, 0.2) is 85.1 Å². The Morgan fingerprint density at radius 2 is 1.32 bits per heavy atom. The SMILES string of the molecule is C=C[Si](C)(C)Oc1ccc(-n2c3ccccc3c3ccccc32)cc1. The van der Waals surface area contributed by atoms with Gasteiger partial charge in [-0.05, 0) is 49.5 Å². The number of rotatable bonds is 4. The van der Waals surface area contributed by atoms with Gasteiger partial charge in [-0.15, -0.1) is 6.58 Å². The Hall–Kier alpha value is -2.78. The lowest BCUT2D eigenvalue weighted by Gasteiger charge is -2.20. The molecule has 0 amide bonds. The molecule has 4 rings (SSSR count). The van der Waals surface area contributed by atoms with Crippen LogP contribution in [0.25, 0.3) is 27.5 Å². The average molecular weight is 344 g/mol. The maximum Gasteiger partial charge on any atom is 0.269 e. The van der Waals surface area contributed by atoms with Crippen molar-refractivity contribution in [2.24, 2.45) is 0 Å². The third-order valence-electron chi connectivity index (χ3n) is 4.55. The van der Waals surface area contributed by atoms with Crippen molar-refractivity contribution in [1.82, 2.24) is 4.57 Å². The van der Waals surface area contributed by atoms with Gasteiger partial charge in [-0.2, -0.15) is 0 Å². The number of nitrogens with zero attached hydrogens (tertiary/aromatic N) is 1. The van der Waals surface area contributed by atoms with E-state index in [1.165, 1.54) is 21.8 Å². The van der Waals surface area contributed by atoms with E-state index in [1.807, 2.05) is 5.70 Å². The first kappa shape index (κ1) is 15.7. The van der Waals surface area contributed by atoms with Gasteiger partial charge in [0.2, 0.25) is 0 Å². The lowest BCUT2D eigenvalue weighted by atomic mass is 10.2. The summed E-state index contributed by atoms with van der Waals surface area (Å²) in [5.41, 5.74) is 5.53. The van der Waals surface area contributed by atoms with E-state index >= 15 is 0 Å². The molecule has 25 heavy (non-hydrogen) atoms. The summed E-state index contributed by atoms with van der Waals surface area (Å²) in [6.07, 6.45) is 0. The van der Waals surface area contributed by atoms with Crippen LogP contribution in [0.4, 0.5) is 0 Å². The molecule has 0 saturated heterocycles. The molecule has 0 saturated carbocycles. The molecule has 1 aromatic heterocycles. The molecule has 3 heteroatoms. The highest BCUT2D eigenvalue weighted by Crippen LogP contribution is 2.32. The second-order valence-electron chi connectivity index (χ2n) is 6.77. The standard InChI is InChI=1S/C22H21NOSi/c1-4-25(2,3)24-18-15-13-17(14-16-18)23-21-11-7-5-9-19(21)20-10-6-8-12-22(20)23/h4-16H,1H2,2-3H3. The highest BCUT2D eigenvalue weighted by atomic mass is 28.4. The van der Waals surface area contributed by atoms with Crippen LogP contribution in [-0.4, -0.2) is 12.9 Å². The molecule has 2 nitrogen and oxygen atoms in total. The van der Waals surface area contributed by atoms with Crippen molar-refractivity contribution in [3.63, 3.8) is 0 Å². The predicted molar refractivity (Wildman–Crippen MR) is 109 cm³/mol. The molecule has 0 radical (unpaired) electrons. The molecule has 0 bridgehead atoms. The van der Waals surface area contributed by atoms with E-state index in [9.17, 15) is 0 Å². The van der Waals surface area contributed by atoms with Gasteiger partial charge in [0, 0.05) is 16.5 Å². The van der Waals surface area contributed by atoms with Crippen molar-refractivity contribution >= 4 is 30.1 Å². The Kier molecular flexibility index (Phi) is 3.74. The van der Waals surface area contributed by atoms with Crippen molar-refractivity contribution in [2.45, 2.75) is 13.1 Å². The third kappa shape index (κ3) is 2.77. The Balaban J connectivity index is 1.85. The van der Waals surface area contributed by atoms with Crippen LogP contribution in [0.3, 0.4) is 0 Å². The van der Waals surface area contributed by atoms with Crippen molar-refractivity contribution in [3.8, 4) is 11.4 Å². The Labute approximate surface area is 149 Å². The normalized spacial score (nSPS) is 11.8. The largest absolute Gasteiger partial charge is 0.540 e. The molecule has 0 aliphatic rings. The number of aromatic nitrogens is 1. The number of hydrogen-bond acceptors (Lipinski definition) is 1. The molecule has 124 valence electrons. The van der Waals surface area contributed by atoms with Crippen LogP contribution in [0.1, 0.15) is 0 Å². The lowest BCUT2D eigenvalue weighted by Crippen LogP contribution is -2.31. The fraction of sp³-hybridized carbons (Fsp3) is 0.0909. The molecule has 1 heterocycles. The number of benzene rings is 3. The van der Waals surface area contributed by atoms with Gasteiger partial charge >= 0.3 is 0 Å². The zero-order valence-corrected chi connectivity index (χ0v) is 15.6. The Morgan fingerprint density at radius 1 is 0.800 bits per heavy atom. The zero-order chi connectivity index (χ0) is 17.4. The van der Waals surface area contributed by atoms with E-state index in [0.29, 0.717) is 0 Å². The van der Waals surface area contributed by atoms with E-state index < -0.39 is 8.32 Å². The maximum absolute atomic E-state index is 6.11. The van der Waals surface area contributed by atoms with E-state index in [4.69, 9.17) is 4.43 Å². The zero-order valence-electron chi connectivity index (χ0n) is 14.6. The Bertz CT molecular complexity index is 1010. The summed E-state index contributed by atoms with van der Waals surface area (Å²) in [6, 6.07) is 25.4. The summed E-state index contributed by atoms with van der Waals surface area (Å²) in [5.74, 6) is 0.904. The summed E-state index contributed by atoms with van der Waals surface area (Å²) in [5, 5.41) is 2.55. The molecular weight excluding hydrogens is 322 g/mol. The van der Waals surface area contributed by atoms with Gasteiger partial charge in [0.05, 0.1) is 11.0 Å². The molecule has 4 aromatic rings. The third-order valence-corrected chi connectivity index (χ3v) is 6.29.